The highest BCUT2D eigenvalue weighted by molar-refractivity contribution is 5.20. The topological polar surface area (TPSA) is 74.4 Å². The van der Waals surface area contributed by atoms with E-state index < -0.39 is 6.10 Å². The molecule has 110 valence electrons. The van der Waals surface area contributed by atoms with Crippen LogP contribution >= 0.6 is 0 Å². The highest BCUT2D eigenvalue weighted by Gasteiger charge is 2.14. The zero-order valence-electron chi connectivity index (χ0n) is 10.8. The van der Waals surface area contributed by atoms with E-state index in [4.69, 9.17) is 14.9 Å². The molecule has 1 aromatic carbocycles. The van der Waals surface area contributed by atoms with E-state index >= 15 is 0 Å². The molecule has 4 N–H and O–H groups in total. The van der Waals surface area contributed by atoms with Gasteiger partial charge in [0.15, 0.2) is 0 Å². The number of rotatable bonds is 9. The van der Waals surface area contributed by atoms with E-state index in [1.165, 1.54) is 0 Å². The lowest BCUT2D eigenvalue weighted by Gasteiger charge is -2.20. The average molecular weight is 336 g/mol. The van der Waals surface area contributed by atoms with Crippen molar-refractivity contribution in [1.29, 1.82) is 0 Å². The van der Waals surface area contributed by atoms with Crippen molar-refractivity contribution in [3.05, 3.63) is 30.3 Å². The second-order valence-corrected chi connectivity index (χ2v) is 4.18. The molecule has 0 heterocycles. The van der Waals surface area contributed by atoms with Gasteiger partial charge >= 0.3 is 0 Å². The zero-order valence-corrected chi connectivity index (χ0v) is 12.4. The van der Waals surface area contributed by atoms with Crippen LogP contribution in [0.5, 0.6) is 5.75 Å². The maximum atomic E-state index is 9.83. The zero-order chi connectivity index (χ0) is 13.2. The summed E-state index contributed by atoms with van der Waals surface area (Å²) in [5, 5.41) is 27.6. The van der Waals surface area contributed by atoms with Gasteiger partial charge in [-0.25, -0.2) is 0 Å². The minimum Gasteiger partial charge on any atom is -1.00 e. The van der Waals surface area contributed by atoms with E-state index in [1.54, 1.807) is 0 Å². The van der Waals surface area contributed by atoms with Crippen LogP contribution in [-0.4, -0.2) is 60.9 Å². The standard InChI is InChI=1S/C13H21NO4.BrH/c15-8-6-14(7-9-16)10-12(17)11-18-13-4-2-1-3-5-13;/h1-5,12,15-17H,6-11H2;1H. The summed E-state index contributed by atoms with van der Waals surface area (Å²) in [6, 6.07) is 9.31. The van der Waals surface area contributed by atoms with Crippen molar-refractivity contribution in [1.82, 2.24) is 0 Å². The van der Waals surface area contributed by atoms with Gasteiger partial charge in [-0.15, -0.1) is 0 Å². The van der Waals surface area contributed by atoms with E-state index in [9.17, 15) is 5.11 Å². The van der Waals surface area contributed by atoms with Crippen molar-refractivity contribution in [3.8, 4) is 5.75 Å². The van der Waals surface area contributed by atoms with Crippen LogP contribution in [-0.2, 0) is 0 Å². The average Bonchev–Trinajstić information content (AvgIpc) is 2.38. The summed E-state index contributed by atoms with van der Waals surface area (Å²) in [6.45, 7) is 1.79. The predicted octanol–water partition coefficient (Wildman–Crippen LogP) is -4.70. The van der Waals surface area contributed by atoms with Crippen molar-refractivity contribution >= 4 is 0 Å². The summed E-state index contributed by atoms with van der Waals surface area (Å²) < 4.78 is 5.44. The Morgan fingerprint density at radius 3 is 2.16 bits per heavy atom. The fourth-order valence-corrected chi connectivity index (χ4v) is 1.75. The van der Waals surface area contributed by atoms with Crippen LogP contribution in [0.3, 0.4) is 0 Å². The van der Waals surface area contributed by atoms with Crippen LogP contribution in [0.25, 0.3) is 0 Å². The second kappa shape index (κ2) is 11.2. The van der Waals surface area contributed by atoms with Crippen LogP contribution < -0.4 is 26.6 Å². The number of hydrogen-bond donors (Lipinski definition) is 4. The molecule has 0 aliphatic carbocycles. The maximum Gasteiger partial charge on any atom is 0.137 e. The van der Waals surface area contributed by atoms with Gasteiger partial charge in [-0.1, -0.05) is 18.2 Å². The number of hydrogen-bond acceptors (Lipinski definition) is 4. The van der Waals surface area contributed by atoms with Gasteiger partial charge in [-0.05, 0) is 12.1 Å². The van der Waals surface area contributed by atoms with E-state index in [2.05, 4.69) is 0 Å². The van der Waals surface area contributed by atoms with E-state index in [0.717, 1.165) is 10.6 Å². The number of aliphatic hydroxyl groups is 3. The Kier molecular flexibility index (Phi) is 10.8. The molecule has 5 nitrogen and oxygen atoms in total. The number of benzene rings is 1. The maximum absolute atomic E-state index is 9.83. The SMILES string of the molecule is OCC[NH+](CCO)CC(O)COc1ccccc1.[Br-]. The molecule has 1 rings (SSSR count). The number of para-hydroxylation sites is 1. The third-order valence-electron chi connectivity index (χ3n) is 2.64. The largest absolute Gasteiger partial charge is 1.00 e. The Morgan fingerprint density at radius 2 is 1.63 bits per heavy atom. The van der Waals surface area contributed by atoms with E-state index in [-0.39, 0.29) is 36.8 Å². The summed E-state index contributed by atoms with van der Waals surface area (Å²) in [7, 11) is 0. The van der Waals surface area contributed by atoms with Gasteiger partial charge in [0.1, 0.15) is 38.1 Å². The smallest absolute Gasteiger partial charge is 0.137 e. The molecule has 0 aliphatic heterocycles. The van der Waals surface area contributed by atoms with Crippen molar-refractivity contribution in [2.24, 2.45) is 0 Å². The van der Waals surface area contributed by atoms with Gasteiger partial charge in [-0.2, -0.15) is 0 Å². The molecule has 0 saturated heterocycles. The molecule has 0 saturated carbocycles. The van der Waals surface area contributed by atoms with Crippen molar-refractivity contribution in [2.75, 3.05) is 39.5 Å². The van der Waals surface area contributed by atoms with Crippen molar-refractivity contribution < 1.29 is 41.9 Å². The highest BCUT2D eigenvalue weighted by atomic mass is 79.9. The Balaban J connectivity index is 0.00000324. The van der Waals surface area contributed by atoms with Crippen molar-refractivity contribution in [3.63, 3.8) is 0 Å². The van der Waals surface area contributed by atoms with Crippen LogP contribution in [0.2, 0.25) is 0 Å². The molecule has 0 amide bonds. The first-order valence-corrected chi connectivity index (χ1v) is 6.17. The normalized spacial score (nSPS) is 12.0. The molecule has 6 heteroatoms. The minimum absolute atomic E-state index is 0. The van der Waals surface area contributed by atoms with Gasteiger partial charge in [0.2, 0.25) is 0 Å². The lowest BCUT2D eigenvalue weighted by atomic mass is 10.3. The number of quaternary nitrogens is 1. The lowest BCUT2D eigenvalue weighted by Crippen LogP contribution is -3.14. The second-order valence-electron chi connectivity index (χ2n) is 4.18. The summed E-state index contributed by atoms with van der Waals surface area (Å²) in [4.78, 5) is 0.962. The molecule has 0 aromatic heterocycles. The molecule has 1 aromatic rings. The summed E-state index contributed by atoms with van der Waals surface area (Å²) in [5.74, 6) is 0.724. The first-order chi connectivity index (χ1) is 8.76. The Morgan fingerprint density at radius 1 is 1.05 bits per heavy atom. The third kappa shape index (κ3) is 8.18. The summed E-state index contributed by atoms with van der Waals surface area (Å²) in [6.07, 6.45) is -0.613. The molecular formula is C13H22BrNO4. The quantitative estimate of drug-likeness (QED) is 0.366. The van der Waals surface area contributed by atoms with Gasteiger partial charge in [-0.3, -0.25) is 0 Å². The van der Waals surface area contributed by atoms with E-state index in [1.807, 2.05) is 30.3 Å². The van der Waals surface area contributed by atoms with Gasteiger partial charge < -0.3 is 41.9 Å². The number of ether oxygens (including phenoxy) is 1. The molecule has 1 atom stereocenters. The summed E-state index contributed by atoms with van der Waals surface area (Å²) >= 11 is 0. The van der Waals surface area contributed by atoms with Gasteiger partial charge in [0.05, 0.1) is 13.2 Å². The van der Waals surface area contributed by atoms with E-state index in [0.29, 0.717) is 19.6 Å². The van der Waals surface area contributed by atoms with Crippen LogP contribution in [0.15, 0.2) is 30.3 Å². The fourth-order valence-electron chi connectivity index (χ4n) is 1.75. The van der Waals surface area contributed by atoms with Crippen LogP contribution in [0.4, 0.5) is 0 Å². The molecule has 0 bridgehead atoms. The Hall–Kier alpha value is -0.660. The number of aliphatic hydroxyl groups excluding tert-OH is 3. The Labute approximate surface area is 124 Å². The predicted molar refractivity (Wildman–Crippen MR) is 67.7 cm³/mol. The molecule has 0 spiro atoms. The molecule has 0 radical (unpaired) electrons. The molecule has 19 heavy (non-hydrogen) atoms. The third-order valence-corrected chi connectivity index (χ3v) is 2.64. The molecule has 0 fully saturated rings. The monoisotopic (exact) mass is 335 g/mol. The molecule has 0 aliphatic rings. The van der Waals surface area contributed by atoms with Gasteiger partial charge in [0, 0.05) is 0 Å². The minimum atomic E-state index is -0.613. The first kappa shape index (κ1) is 18.3. The van der Waals surface area contributed by atoms with Crippen LogP contribution in [0, 0.1) is 0 Å². The van der Waals surface area contributed by atoms with Crippen LogP contribution in [0.1, 0.15) is 0 Å². The van der Waals surface area contributed by atoms with Crippen molar-refractivity contribution in [2.45, 2.75) is 6.10 Å². The fraction of sp³-hybridized carbons (Fsp3) is 0.538. The highest BCUT2D eigenvalue weighted by Crippen LogP contribution is 2.08. The molecule has 1 unspecified atom stereocenters. The first-order valence-electron chi connectivity index (χ1n) is 6.17. The molecular weight excluding hydrogens is 314 g/mol. The van der Waals surface area contributed by atoms with Gasteiger partial charge in [0.25, 0.3) is 0 Å². The lowest BCUT2D eigenvalue weighted by molar-refractivity contribution is -0.903. The number of nitrogens with one attached hydrogen (secondary N) is 1. The number of halogens is 1. The Bertz CT molecular complexity index is 307. The summed E-state index contributed by atoms with van der Waals surface area (Å²) in [5.41, 5.74) is 0.